The molecule has 2 heterocycles. The van der Waals surface area contributed by atoms with E-state index in [1.54, 1.807) is 13.8 Å². The highest BCUT2D eigenvalue weighted by molar-refractivity contribution is 5.78. The summed E-state index contributed by atoms with van der Waals surface area (Å²) >= 11 is 0. The number of benzene rings is 1. The van der Waals surface area contributed by atoms with E-state index in [9.17, 15) is 9.59 Å². The number of fused-ring (bicyclic) bond motifs is 1. The highest BCUT2D eigenvalue weighted by Gasteiger charge is 2.24. The molecule has 1 aromatic carbocycles. The van der Waals surface area contributed by atoms with E-state index in [1.807, 2.05) is 36.4 Å². The molecule has 2 aromatic heterocycles. The van der Waals surface area contributed by atoms with E-state index in [1.165, 1.54) is 11.6 Å². The molecule has 23 heavy (non-hydrogen) atoms. The SMILES string of the molecule is COC(=O)C(C)c1c(C)nc2cc(-c3ccccc3)[nH]n2c1=O. The lowest BCUT2D eigenvalue weighted by atomic mass is 10.0. The average molecular weight is 311 g/mol. The van der Waals surface area contributed by atoms with Crippen molar-refractivity contribution in [3.05, 3.63) is 58.0 Å². The minimum Gasteiger partial charge on any atom is -0.469 e. The number of nitrogens with one attached hydrogen (secondary N) is 1. The molecule has 1 unspecified atom stereocenters. The Balaban J connectivity index is 2.20. The molecule has 3 aromatic rings. The first-order chi connectivity index (χ1) is 11.0. The lowest BCUT2D eigenvalue weighted by Crippen LogP contribution is -2.27. The Labute approximate surface area is 132 Å². The summed E-state index contributed by atoms with van der Waals surface area (Å²) < 4.78 is 6.10. The molecule has 0 bridgehead atoms. The van der Waals surface area contributed by atoms with E-state index >= 15 is 0 Å². The van der Waals surface area contributed by atoms with Crippen molar-refractivity contribution in [3.8, 4) is 11.3 Å². The molecule has 0 radical (unpaired) electrons. The average Bonchev–Trinajstić information content (AvgIpc) is 2.99. The zero-order valence-electron chi connectivity index (χ0n) is 13.2. The first kappa shape index (κ1) is 15.0. The summed E-state index contributed by atoms with van der Waals surface area (Å²) in [6.07, 6.45) is 0. The van der Waals surface area contributed by atoms with Crippen LogP contribution in [0.5, 0.6) is 0 Å². The van der Waals surface area contributed by atoms with Gasteiger partial charge in [0, 0.05) is 11.8 Å². The highest BCUT2D eigenvalue weighted by Crippen LogP contribution is 2.20. The lowest BCUT2D eigenvalue weighted by molar-refractivity contribution is -0.142. The van der Waals surface area contributed by atoms with Gasteiger partial charge in [0.1, 0.15) is 0 Å². The minimum atomic E-state index is -0.666. The van der Waals surface area contributed by atoms with Gasteiger partial charge in [-0.25, -0.2) is 9.50 Å². The van der Waals surface area contributed by atoms with E-state index in [4.69, 9.17) is 4.74 Å². The Morgan fingerprint density at radius 2 is 2.00 bits per heavy atom. The maximum Gasteiger partial charge on any atom is 0.313 e. The van der Waals surface area contributed by atoms with Gasteiger partial charge < -0.3 is 4.74 Å². The number of methoxy groups -OCH3 is 1. The maximum atomic E-state index is 12.7. The molecule has 0 saturated heterocycles. The number of carbonyl (C=O) groups excluding carboxylic acids is 1. The van der Waals surface area contributed by atoms with Crippen LogP contribution in [0.4, 0.5) is 0 Å². The topological polar surface area (TPSA) is 76.5 Å². The predicted octanol–water partition coefficient (Wildman–Crippen LogP) is 2.27. The summed E-state index contributed by atoms with van der Waals surface area (Å²) in [6.45, 7) is 3.37. The number of ether oxygens (including phenoxy) is 1. The summed E-state index contributed by atoms with van der Waals surface area (Å²) in [4.78, 5) is 29.0. The largest absolute Gasteiger partial charge is 0.469 e. The maximum absolute atomic E-state index is 12.7. The number of hydrogen-bond donors (Lipinski definition) is 1. The van der Waals surface area contributed by atoms with Crippen molar-refractivity contribution in [3.63, 3.8) is 0 Å². The summed E-state index contributed by atoms with van der Waals surface area (Å²) in [5.74, 6) is -1.12. The Morgan fingerprint density at radius 1 is 1.30 bits per heavy atom. The van der Waals surface area contributed by atoms with Crippen LogP contribution in [-0.4, -0.2) is 27.7 Å². The number of esters is 1. The van der Waals surface area contributed by atoms with Crippen molar-refractivity contribution >= 4 is 11.6 Å². The Bertz CT molecular complexity index is 925. The smallest absolute Gasteiger partial charge is 0.313 e. The fourth-order valence-corrected chi connectivity index (χ4v) is 2.71. The second kappa shape index (κ2) is 5.72. The molecule has 0 aliphatic rings. The van der Waals surface area contributed by atoms with Gasteiger partial charge in [0.15, 0.2) is 5.65 Å². The van der Waals surface area contributed by atoms with Crippen LogP contribution in [0.1, 0.15) is 24.1 Å². The van der Waals surface area contributed by atoms with E-state index in [2.05, 4.69) is 10.1 Å². The molecule has 0 fully saturated rings. The van der Waals surface area contributed by atoms with E-state index in [0.29, 0.717) is 16.9 Å². The van der Waals surface area contributed by atoms with Crippen molar-refractivity contribution in [1.29, 1.82) is 0 Å². The second-order valence-corrected chi connectivity index (χ2v) is 5.39. The second-order valence-electron chi connectivity index (χ2n) is 5.39. The molecule has 0 amide bonds. The molecule has 0 spiro atoms. The minimum absolute atomic E-state index is 0.285. The van der Waals surface area contributed by atoms with Crippen LogP contribution < -0.4 is 5.56 Å². The summed E-state index contributed by atoms with van der Waals surface area (Å²) in [7, 11) is 1.31. The van der Waals surface area contributed by atoms with Crippen molar-refractivity contribution in [2.75, 3.05) is 7.11 Å². The number of rotatable bonds is 3. The van der Waals surface area contributed by atoms with Gasteiger partial charge in [-0.3, -0.25) is 14.7 Å². The van der Waals surface area contributed by atoms with Crippen molar-refractivity contribution in [2.45, 2.75) is 19.8 Å². The van der Waals surface area contributed by atoms with Gasteiger partial charge in [-0.2, -0.15) is 0 Å². The van der Waals surface area contributed by atoms with Crippen LogP contribution in [0.2, 0.25) is 0 Å². The van der Waals surface area contributed by atoms with Gasteiger partial charge in [-0.1, -0.05) is 30.3 Å². The van der Waals surface area contributed by atoms with Crippen LogP contribution in [-0.2, 0) is 9.53 Å². The highest BCUT2D eigenvalue weighted by atomic mass is 16.5. The Kier molecular flexibility index (Phi) is 3.73. The number of aryl methyl sites for hydroxylation is 1. The van der Waals surface area contributed by atoms with Gasteiger partial charge in [-0.05, 0) is 19.4 Å². The molecule has 0 saturated carbocycles. The third-order valence-electron chi connectivity index (χ3n) is 3.91. The fourth-order valence-electron chi connectivity index (χ4n) is 2.71. The van der Waals surface area contributed by atoms with Crippen LogP contribution in [0.15, 0.2) is 41.2 Å². The van der Waals surface area contributed by atoms with Gasteiger partial charge in [-0.15, -0.1) is 0 Å². The molecule has 6 nitrogen and oxygen atoms in total. The lowest BCUT2D eigenvalue weighted by Gasteiger charge is -2.11. The summed E-state index contributed by atoms with van der Waals surface area (Å²) in [5, 5.41) is 3.05. The van der Waals surface area contributed by atoms with E-state index in [0.717, 1.165) is 11.3 Å². The molecule has 118 valence electrons. The molecule has 3 rings (SSSR count). The first-order valence-corrected chi connectivity index (χ1v) is 7.28. The third-order valence-corrected chi connectivity index (χ3v) is 3.91. The zero-order chi connectivity index (χ0) is 16.6. The first-order valence-electron chi connectivity index (χ1n) is 7.28. The number of hydrogen-bond acceptors (Lipinski definition) is 4. The van der Waals surface area contributed by atoms with Gasteiger partial charge in [0.2, 0.25) is 0 Å². The quantitative estimate of drug-likeness (QED) is 0.753. The molecule has 1 N–H and O–H groups in total. The number of carbonyl (C=O) groups is 1. The Hall–Kier alpha value is -2.89. The van der Waals surface area contributed by atoms with Gasteiger partial charge in [0.25, 0.3) is 5.56 Å². The van der Waals surface area contributed by atoms with Crippen LogP contribution in [0.25, 0.3) is 16.9 Å². The predicted molar refractivity (Wildman–Crippen MR) is 86.4 cm³/mol. The third kappa shape index (κ3) is 2.52. The normalized spacial score (nSPS) is 12.3. The molecular weight excluding hydrogens is 294 g/mol. The van der Waals surface area contributed by atoms with Crippen LogP contribution in [0.3, 0.4) is 0 Å². The van der Waals surface area contributed by atoms with Crippen molar-refractivity contribution in [1.82, 2.24) is 14.6 Å². The molecule has 0 aliphatic carbocycles. The van der Waals surface area contributed by atoms with E-state index < -0.39 is 11.9 Å². The molecule has 0 aliphatic heterocycles. The number of aromatic nitrogens is 3. The number of H-pyrrole nitrogens is 1. The van der Waals surface area contributed by atoms with Gasteiger partial charge >= 0.3 is 5.97 Å². The summed E-state index contributed by atoms with van der Waals surface area (Å²) in [5.41, 5.74) is 2.86. The van der Waals surface area contributed by atoms with Crippen molar-refractivity contribution in [2.24, 2.45) is 0 Å². The molecule has 6 heteroatoms. The standard InChI is InChI=1S/C17H17N3O3/c1-10(17(22)23-3)15-11(2)18-14-9-13(19-20(14)16(15)21)12-7-5-4-6-8-12/h4-10,19H,1-3H3. The van der Waals surface area contributed by atoms with Gasteiger partial charge in [0.05, 0.1) is 24.3 Å². The zero-order valence-corrected chi connectivity index (χ0v) is 13.2. The number of nitrogens with zero attached hydrogens (tertiary/aromatic N) is 2. The monoisotopic (exact) mass is 311 g/mol. The van der Waals surface area contributed by atoms with Crippen molar-refractivity contribution < 1.29 is 9.53 Å². The molecule has 1 atom stereocenters. The molecular formula is C17H17N3O3. The number of aromatic amines is 1. The Morgan fingerprint density at radius 3 is 2.65 bits per heavy atom. The van der Waals surface area contributed by atoms with Crippen LogP contribution in [0, 0.1) is 6.92 Å². The van der Waals surface area contributed by atoms with E-state index in [-0.39, 0.29) is 5.56 Å². The van der Waals surface area contributed by atoms with Crippen LogP contribution >= 0.6 is 0 Å². The summed E-state index contributed by atoms with van der Waals surface area (Å²) in [6, 6.07) is 11.5. The fraction of sp³-hybridized carbons (Fsp3) is 0.235.